The van der Waals surface area contributed by atoms with E-state index in [4.69, 9.17) is 4.74 Å². The second kappa shape index (κ2) is 7.69. The molecule has 3 aromatic carbocycles. The summed E-state index contributed by atoms with van der Waals surface area (Å²) < 4.78 is 4.80. The van der Waals surface area contributed by atoms with Gasteiger partial charge >= 0.3 is 5.97 Å². The number of benzene rings is 3. The van der Waals surface area contributed by atoms with Crippen LogP contribution in [0, 0.1) is 0 Å². The third kappa shape index (κ3) is 3.29. The van der Waals surface area contributed by atoms with Crippen molar-refractivity contribution >= 4 is 17.6 Å². The molecular formula is C24H21NO3. The van der Waals surface area contributed by atoms with Crippen LogP contribution < -0.4 is 4.90 Å². The minimum atomic E-state index is -0.367. The number of hydrogen-bond donors (Lipinski definition) is 0. The summed E-state index contributed by atoms with van der Waals surface area (Å²) in [5.41, 5.74) is 4.32. The molecule has 0 spiro atoms. The van der Waals surface area contributed by atoms with Crippen molar-refractivity contribution in [3.8, 4) is 0 Å². The van der Waals surface area contributed by atoms with E-state index >= 15 is 0 Å². The Morgan fingerprint density at radius 1 is 0.893 bits per heavy atom. The molecule has 0 fully saturated rings. The Balaban J connectivity index is 1.71. The van der Waals surface area contributed by atoms with Crippen LogP contribution in [0.25, 0.3) is 0 Å². The van der Waals surface area contributed by atoms with E-state index in [1.165, 1.54) is 7.11 Å². The molecule has 28 heavy (non-hydrogen) atoms. The summed E-state index contributed by atoms with van der Waals surface area (Å²) in [5, 5.41) is 0. The van der Waals surface area contributed by atoms with E-state index < -0.39 is 0 Å². The zero-order chi connectivity index (χ0) is 19.5. The van der Waals surface area contributed by atoms with Crippen molar-refractivity contribution in [2.24, 2.45) is 0 Å². The highest BCUT2D eigenvalue weighted by Crippen LogP contribution is 2.34. The summed E-state index contributed by atoms with van der Waals surface area (Å²) in [6, 6.07) is 25.1. The average molecular weight is 371 g/mol. The second-order valence-corrected chi connectivity index (χ2v) is 6.83. The van der Waals surface area contributed by atoms with Crippen molar-refractivity contribution in [2.45, 2.75) is 12.3 Å². The van der Waals surface area contributed by atoms with Gasteiger partial charge < -0.3 is 9.64 Å². The fraction of sp³-hybridized carbons (Fsp3) is 0.167. The maximum absolute atomic E-state index is 13.6. The van der Waals surface area contributed by atoms with E-state index in [0.29, 0.717) is 12.1 Å². The lowest BCUT2D eigenvalue weighted by atomic mass is 9.90. The molecule has 1 aliphatic rings. The lowest BCUT2D eigenvalue weighted by Crippen LogP contribution is -2.34. The smallest absolute Gasteiger partial charge is 0.337 e. The molecular weight excluding hydrogens is 350 g/mol. The molecule has 1 heterocycles. The van der Waals surface area contributed by atoms with Gasteiger partial charge in [-0.05, 0) is 41.3 Å². The van der Waals surface area contributed by atoms with E-state index in [2.05, 4.69) is 0 Å². The number of rotatable bonds is 4. The molecule has 4 nitrogen and oxygen atoms in total. The van der Waals surface area contributed by atoms with Crippen molar-refractivity contribution in [1.82, 2.24) is 0 Å². The molecule has 0 radical (unpaired) electrons. The number of anilines is 1. The molecule has 1 amide bonds. The SMILES string of the molecule is COC(=O)c1ccc2c(c1)CCN2C(=O)C(c1ccccc1)c1ccccc1. The fourth-order valence-corrected chi connectivity index (χ4v) is 3.80. The largest absolute Gasteiger partial charge is 0.465 e. The minimum Gasteiger partial charge on any atom is -0.465 e. The Bertz CT molecular complexity index is 959. The number of carbonyl (C=O) groups excluding carboxylic acids is 2. The first-order valence-electron chi connectivity index (χ1n) is 9.31. The van der Waals surface area contributed by atoms with Gasteiger partial charge in [-0.1, -0.05) is 60.7 Å². The Labute approximate surface area is 164 Å². The molecule has 3 aromatic rings. The Kier molecular flexibility index (Phi) is 4.94. The first-order valence-corrected chi connectivity index (χ1v) is 9.31. The van der Waals surface area contributed by atoms with E-state index in [1.54, 1.807) is 6.07 Å². The van der Waals surface area contributed by atoms with E-state index in [-0.39, 0.29) is 17.8 Å². The van der Waals surface area contributed by atoms with Gasteiger partial charge in [0.15, 0.2) is 0 Å². The standard InChI is InChI=1S/C24H21NO3/c1-28-24(27)20-12-13-21-19(16-20)14-15-25(21)23(26)22(17-8-4-2-5-9-17)18-10-6-3-7-11-18/h2-13,16,22H,14-15H2,1H3. The van der Waals surface area contributed by atoms with Crippen molar-refractivity contribution in [1.29, 1.82) is 0 Å². The molecule has 0 saturated heterocycles. The highest BCUT2D eigenvalue weighted by molar-refractivity contribution is 6.02. The summed E-state index contributed by atoms with van der Waals surface area (Å²) in [4.78, 5) is 27.3. The highest BCUT2D eigenvalue weighted by atomic mass is 16.5. The number of esters is 1. The molecule has 0 aromatic heterocycles. The topological polar surface area (TPSA) is 46.6 Å². The predicted octanol–water partition coefficient (Wildman–Crippen LogP) is 4.19. The third-order valence-corrected chi connectivity index (χ3v) is 5.17. The maximum Gasteiger partial charge on any atom is 0.337 e. The van der Waals surface area contributed by atoms with Crippen LogP contribution in [-0.2, 0) is 16.0 Å². The average Bonchev–Trinajstić information content (AvgIpc) is 3.18. The summed E-state index contributed by atoms with van der Waals surface area (Å²) in [6.45, 7) is 0.606. The maximum atomic E-state index is 13.6. The molecule has 0 atom stereocenters. The second-order valence-electron chi connectivity index (χ2n) is 6.83. The Morgan fingerprint density at radius 3 is 2.07 bits per heavy atom. The lowest BCUT2D eigenvalue weighted by Gasteiger charge is -2.25. The number of fused-ring (bicyclic) bond motifs is 1. The zero-order valence-corrected chi connectivity index (χ0v) is 15.7. The van der Waals surface area contributed by atoms with Crippen molar-refractivity contribution < 1.29 is 14.3 Å². The Morgan fingerprint density at radius 2 is 1.50 bits per heavy atom. The van der Waals surface area contributed by atoms with E-state index in [9.17, 15) is 9.59 Å². The van der Waals surface area contributed by atoms with Gasteiger partial charge in [-0.15, -0.1) is 0 Å². The quantitative estimate of drug-likeness (QED) is 0.646. The molecule has 140 valence electrons. The summed E-state index contributed by atoms with van der Waals surface area (Å²) >= 11 is 0. The fourth-order valence-electron chi connectivity index (χ4n) is 3.80. The molecule has 1 aliphatic heterocycles. The van der Waals surface area contributed by atoms with Crippen molar-refractivity contribution in [3.63, 3.8) is 0 Å². The molecule has 0 bridgehead atoms. The number of carbonyl (C=O) groups is 2. The highest BCUT2D eigenvalue weighted by Gasteiger charge is 2.32. The molecule has 4 rings (SSSR count). The van der Waals surface area contributed by atoms with E-state index in [0.717, 1.165) is 28.8 Å². The lowest BCUT2D eigenvalue weighted by molar-refractivity contribution is -0.119. The Hall–Kier alpha value is -3.40. The zero-order valence-electron chi connectivity index (χ0n) is 15.7. The van der Waals surface area contributed by atoms with Crippen LogP contribution in [0.5, 0.6) is 0 Å². The van der Waals surface area contributed by atoms with Gasteiger partial charge in [0, 0.05) is 12.2 Å². The van der Waals surface area contributed by atoms with Crippen LogP contribution in [-0.4, -0.2) is 25.5 Å². The first-order chi connectivity index (χ1) is 13.7. The number of ether oxygens (including phenoxy) is 1. The van der Waals surface area contributed by atoms with E-state index in [1.807, 2.05) is 77.7 Å². The monoisotopic (exact) mass is 371 g/mol. The summed E-state index contributed by atoms with van der Waals surface area (Å²) in [5.74, 6) is -0.686. The molecule has 0 N–H and O–H groups in total. The van der Waals surface area contributed by atoms with Crippen molar-refractivity contribution in [2.75, 3.05) is 18.6 Å². The third-order valence-electron chi connectivity index (χ3n) is 5.17. The number of hydrogen-bond acceptors (Lipinski definition) is 3. The number of amides is 1. The van der Waals surface area contributed by atoms with Gasteiger partial charge in [-0.3, -0.25) is 4.79 Å². The summed E-state index contributed by atoms with van der Waals surface area (Å²) in [7, 11) is 1.37. The molecule has 0 unspecified atom stereocenters. The van der Waals surface area contributed by atoms with Crippen LogP contribution in [0.4, 0.5) is 5.69 Å². The normalized spacial score (nSPS) is 12.7. The molecule has 4 heteroatoms. The van der Waals surface area contributed by atoms with Crippen molar-refractivity contribution in [3.05, 3.63) is 101 Å². The van der Waals surface area contributed by atoms with Gasteiger partial charge in [-0.2, -0.15) is 0 Å². The first kappa shape index (κ1) is 18.0. The number of methoxy groups -OCH3 is 1. The predicted molar refractivity (Wildman–Crippen MR) is 109 cm³/mol. The van der Waals surface area contributed by atoms with Crippen LogP contribution in [0.1, 0.15) is 33.0 Å². The van der Waals surface area contributed by atoms with Gasteiger partial charge in [0.25, 0.3) is 0 Å². The molecule has 0 saturated carbocycles. The van der Waals surface area contributed by atoms with Gasteiger partial charge in [0.05, 0.1) is 18.6 Å². The van der Waals surface area contributed by atoms with Gasteiger partial charge in [0.1, 0.15) is 0 Å². The van der Waals surface area contributed by atoms with Crippen LogP contribution in [0.3, 0.4) is 0 Å². The number of nitrogens with zero attached hydrogens (tertiary/aromatic N) is 1. The van der Waals surface area contributed by atoms with Crippen LogP contribution in [0.15, 0.2) is 78.9 Å². The van der Waals surface area contributed by atoms with Gasteiger partial charge in [0.2, 0.25) is 5.91 Å². The van der Waals surface area contributed by atoms with Crippen LogP contribution >= 0.6 is 0 Å². The van der Waals surface area contributed by atoms with Gasteiger partial charge in [-0.25, -0.2) is 4.79 Å². The summed E-state index contributed by atoms with van der Waals surface area (Å²) in [6.07, 6.45) is 0.724. The minimum absolute atomic E-state index is 0.0435. The molecule has 0 aliphatic carbocycles. The van der Waals surface area contributed by atoms with Crippen LogP contribution in [0.2, 0.25) is 0 Å².